The van der Waals surface area contributed by atoms with Crippen molar-refractivity contribution in [2.75, 3.05) is 13.2 Å². The summed E-state index contributed by atoms with van der Waals surface area (Å²) in [6.45, 7) is 0.616. The number of carboxylic acids is 1. The van der Waals surface area contributed by atoms with Crippen LogP contribution in [0.5, 0.6) is 5.75 Å². The van der Waals surface area contributed by atoms with Gasteiger partial charge in [0.15, 0.2) is 5.71 Å². The summed E-state index contributed by atoms with van der Waals surface area (Å²) in [4.78, 5) is 27.0. The molecule has 0 saturated heterocycles. The number of hydrogen-bond acceptors (Lipinski definition) is 5. The Hall–Kier alpha value is -2.57. The van der Waals surface area contributed by atoms with Gasteiger partial charge in [-0.3, -0.25) is 4.79 Å². The van der Waals surface area contributed by atoms with Gasteiger partial charge in [-0.25, -0.2) is 4.79 Å². The zero-order valence-corrected chi connectivity index (χ0v) is 10.6. The first-order valence-corrected chi connectivity index (χ1v) is 6.08. The monoisotopic (exact) mass is 278 g/mol. The molecule has 1 aromatic carbocycles. The standard InChI is InChI=1S/C13H14N2O5/c16-12(11-8-10(13(17)18)15-20-11)14-6-7-19-9-4-2-1-3-5-9/h1-5,11H,6-8H2,(H,14,16)(H,17,18). The van der Waals surface area contributed by atoms with Gasteiger partial charge in [-0.05, 0) is 12.1 Å². The highest BCUT2D eigenvalue weighted by Crippen LogP contribution is 2.11. The quantitative estimate of drug-likeness (QED) is 0.735. The smallest absolute Gasteiger partial charge is 0.353 e. The van der Waals surface area contributed by atoms with Gasteiger partial charge < -0.3 is 20.0 Å². The lowest BCUT2D eigenvalue weighted by atomic mass is 10.2. The van der Waals surface area contributed by atoms with Crippen molar-refractivity contribution in [2.45, 2.75) is 12.5 Å². The van der Waals surface area contributed by atoms with Crippen molar-refractivity contribution in [2.24, 2.45) is 5.16 Å². The fourth-order valence-electron chi connectivity index (χ4n) is 1.62. The SMILES string of the molecule is O=C(O)C1=NOC(C(=O)NCCOc2ccccc2)C1. The lowest BCUT2D eigenvalue weighted by Gasteiger charge is -2.10. The largest absolute Gasteiger partial charge is 0.492 e. The highest BCUT2D eigenvalue weighted by molar-refractivity contribution is 6.36. The number of carboxylic acid groups (broad SMARTS) is 1. The van der Waals surface area contributed by atoms with Crippen LogP contribution in [0.15, 0.2) is 35.5 Å². The first-order chi connectivity index (χ1) is 9.66. The second-order valence-electron chi connectivity index (χ2n) is 4.09. The van der Waals surface area contributed by atoms with Crippen LogP contribution in [0.4, 0.5) is 0 Å². The Morgan fingerprint density at radius 3 is 2.80 bits per heavy atom. The Morgan fingerprint density at radius 2 is 2.15 bits per heavy atom. The molecule has 106 valence electrons. The first-order valence-electron chi connectivity index (χ1n) is 6.08. The summed E-state index contributed by atoms with van der Waals surface area (Å²) in [5, 5.41) is 14.6. The zero-order chi connectivity index (χ0) is 14.4. The molecular formula is C13H14N2O5. The van der Waals surface area contributed by atoms with Crippen molar-refractivity contribution < 1.29 is 24.3 Å². The Morgan fingerprint density at radius 1 is 1.40 bits per heavy atom. The van der Waals surface area contributed by atoms with Crippen LogP contribution in [0.1, 0.15) is 6.42 Å². The molecule has 0 radical (unpaired) electrons. The topological polar surface area (TPSA) is 97.2 Å². The van der Waals surface area contributed by atoms with Crippen LogP contribution in [-0.4, -0.2) is 42.0 Å². The molecule has 2 rings (SSSR count). The lowest BCUT2D eigenvalue weighted by Crippen LogP contribution is -2.37. The van der Waals surface area contributed by atoms with Crippen molar-refractivity contribution in [3.8, 4) is 5.75 Å². The minimum Gasteiger partial charge on any atom is -0.492 e. The van der Waals surface area contributed by atoms with Gasteiger partial charge in [0.25, 0.3) is 5.91 Å². The van der Waals surface area contributed by atoms with Crippen molar-refractivity contribution in [1.82, 2.24) is 5.32 Å². The Balaban J connectivity index is 1.65. The number of para-hydroxylation sites is 1. The summed E-state index contributed by atoms with van der Waals surface area (Å²) in [7, 11) is 0. The summed E-state index contributed by atoms with van der Waals surface area (Å²) in [6.07, 6.45) is -0.904. The van der Waals surface area contributed by atoms with Crippen molar-refractivity contribution >= 4 is 17.6 Å². The van der Waals surface area contributed by atoms with Crippen LogP contribution in [0, 0.1) is 0 Å². The normalized spacial score (nSPS) is 17.0. The van der Waals surface area contributed by atoms with Gasteiger partial charge in [-0.1, -0.05) is 23.4 Å². The highest BCUT2D eigenvalue weighted by Gasteiger charge is 2.31. The second kappa shape index (κ2) is 6.55. The lowest BCUT2D eigenvalue weighted by molar-refractivity contribution is -0.131. The molecule has 1 unspecified atom stereocenters. The van der Waals surface area contributed by atoms with Gasteiger partial charge in [-0.15, -0.1) is 0 Å². The van der Waals surface area contributed by atoms with E-state index in [1.54, 1.807) is 0 Å². The number of carbonyl (C=O) groups is 2. The molecular weight excluding hydrogens is 264 g/mol. The number of benzene rings is 1. The van der Waals surface area contributed by atoms with E-state index in [1.807, 2.05) is 30.3 Å². The fourth-order valence-corrected chi connectivity index (χ4v) is 1.62. The predicted octanol–water partition coefficient (Wildman–Crippen LogP) is 0.411. The molecule has 0 aromatic heterocycles. The number of ether oxygens (including phenoxy) is 1. The summed E-state index contributed by atoms with van der Waals surface area (Å²) >= 11 is 0. The molecule has 7 nitrogen and oxygen atoms in total. The average molecular weight is 278 g/mol. The van der Waals surface area contributed by atoms with Crippen molar-refractivity contribution in [3.63, 3.8) is 0 Å². The minimum atomic E-state index is -1.17. The molecule has 1 aromatic rings. The second-order valence-corrected chi connectivity index (χ2v) is 4.09. The van der Waals surface area contributed by atoms with Gasteiger partial charge >= 0.3 is 5.97 Å². The molecule has 0 spiro atoms. The van der Waals surface area contributed by atoms with Crippen LogP contribution in [-0.2, 0) is 14.4 Å². The number of rotatable bonds is 6. The molecule has 1 aliphatic rings. The number of nitrogens with zero attached hydrogens (tertiary/aromatic N) is 1. The van der Waals surface area contributed by atoms with E-state index in [4.69, 9.17) is 14.7 Å². The van der Waals surface area contributed by atoms with E-state index in [1.165, 1.54) is 0 Å². The van der Waals surface area contributed by atoms with Crippen LogP contribution < -0.4 is 10.1 Å². The van der Waals surface area contributed by atoms with Crippen LogP contribution in [0.3, 0.4) is 0 Å². The summed E-state index contributed by atoms with van der Waals surface area (Å²) in [5.74, 6) is -0.857. The maximum Gasteiger partial charge on any atom is 0.353 e. The molecule has 1 atom stereocenters. The van der Waals surface area contributed by atoms with Gasteiger partial charge in [0.1, 0.15) is 12.4 Å². The number of amides is 1. The van der Waals surface area contributed by atoms with E-state index in [2.05, 4.69) is 10.5 Å². The fraction of sp³-hybridized carbons (Fsp3) is 0.308. The average Bonchev–Trinajstić information content (AvgIpc) is 2.94. The zero-order valence-electron chi connectivity index (χ0n) is 10.6. The molecule has 0 bridgehead atoms. The van der Waals surface area contributed by atoms with Gasteiger partial charge in [0, 0.05) is 6.42 Å². The van der Waals surface area contributed by atoms with Crippen molar-refractivity contribution in [3.05, 3.63) is 30.3 Å². The predicted molar refractivity (Wildman–Crippen MR) is 69.5 cm³/mol. The van der Waals surface area contributed by atoms with E-state index in [-0.39, 0.29) is 12.1 Å². The van der Waals surface area contributed by atoms with Gasteiger partial charge in [0.2, 0.25) is 6.10 Å². The maximum atomic E-state index is 11.7. The number of hydrogen-bond donors (Lipinski definition) is 2. The third-order valence-corrected chi connectivity index (χ3v) is 2.62. The van der Waals surface area contributed by atoms with E-state index in [0.717, 1.165) is 5.75 Å². The molecule has 0 fully saturated rings. The summed E-state index contributed by atoms with van der Waals surface area (Å²) < 4.78 is 5.40. The van der Waals surface area contributed by atoms with E-state index >= 15 is 0 Å². The molecule has 0 saturated carbocycles. The van der Waals surface area contributed by atoms with E-state index in [0.29, 0.717) is 13.2 Å². The first kappa shape index (κ1) is 13.9. The number of nitrogens with one attached hydrogen (secondary N) is 1. The molecule has 7 heteroatoms. The molecule has 1 amide bonds. The Kier molecular flexibility index (Phi) is 4.54. The Labute approximate surface area is 115 Å². The third-order valence-electron chi connectivity index (χ3n) is 2.62. The van der Waals surface area contributed by atoms with Gasteiger partial charge in [-0.2, -0.15) is 0 Å². The van der Waals surface area contributed by atoms with E-state index in [9.17, 15) is 9.59 Å². The third kappa shape index (κ3) is 3.71. The number of aliphatic carboxylic acids is 1. The Bertz CT molecular complexity index is 515. The summed E-state index contributed by atoms with van der Waals surface area (Å²) in [6, 6.07) is 9.21. The van der Waals surface area contributed by atoms with Gasteiger partial charge in [0.05, 0.1) is 6.54 Å². The number of carbonyl (C=O) groups excluding carboxylic acids is 1. The summed E-state index contributed by atoms with van der Waals surface area (Å²) in [5.41, 5.74) is -0.148. The molecule has 2 N–H and O–H groups in total. The van der Waals surface area contributed by atoms with E-state index < -0.39 is 18.0 Å². The molecule has 1 heterocycles. The van der Waals surface area contributed by atoms with Crippen LogP contribution in [0.25, 0.3) is 0 Å². The molecule has 1 aliphatic heterocycles. The van der Waals surface area contributed by atoms with Crippen LogP contribution >= 0.6 is 0 Å². The highest BCUT2D eigenvalue weighted by atomic mass is 16.6. The maximum absolute atomic E-state index is 11.7. The number of oxime groups is 1. The van der Waals surface area contributed by atoms with Crippen LogP contribution in [0.2, 0.25) is 0 Å². The molecule has 20 heavy (non-hydrogen) atoms. The molecule has 0 aliphatic carbocycles. The van der Waals surface area contributed by atoms with Crippen molar-refractivity contribution in [1.29, 1.82) is 0 Å². The minimum absolute atomic E-state index is 0.0271.